The molecule has 0 aliphatic carbocycles. The van der Waals surface area contributed by atoms with Crippen LogP contribution in [0.5, 0.6) is 11.5 Å². The van der Waals surface area contributed by atoms with Crippen LogP contribution >= 0.6 is 0 Å². The van der Waals surface area contributed by atoms with Crippen LogP contribution < -0.4 is 30.1 Å². The molecule has 71 heavy (non-hydrogen) atoms. The van der Waals surface area contributed by atoms with Crippen molar-refractivity contribution in [2.45, 2.75) is 74.7 Å². The van der Waals surface area contributed by atoms with Gasteiger partial charge in [0, 0.05) is 71.8 Å². The van der Waals surface area contributed by atoms with E-state index in [4.69, 9.17) is 14.2 Å². The van der Waals surface area contributed by atoms with Gasteiger partial charge in [0.15, 0.2) is 17.4 Å². The molecule has 0 unspecified atom stereocenters. The van der Waals surface area contributed by atoms with E-state index in [9.17, 15) is 38.0 Å². The molecule has 3 N–H and O–H groups in total. The molecule has 7 heterocycles. The van der Waals surface area contributed by atoms with Gasteiger partial charge in [0.1, 0.15) is 23.2 Å². The van der Waals surface area contributed by atoms with Crippen LogP contribution in [0.25, 0.3) is 21.8 Å². The number of ether oxygens (including phenoxy) is 3. The zero-order chi connectivity index (χ0) is 50.0. The van der Waals surface area contributed by atoms with Crippen LogP contribution in [0.1, 0.15) is 63.0 Å². The van der Waals surface area contributed by atoms with Crippen LogP contribution in [0, 0.1) is 23.0 Å². The number of anilines is 3. The second-order valence-electron chi connectivity index (χ2n) is 18.9. The molecule has 0 saturated carbocycles. The van der Waals surface area contributed by atoms with Crippen molar-refractivity contribution in [1.82, 2.24) is 33.9 Å². The number of benzene rings is 3. The number of hydrogen-bond donors (Lipinski definition) is 3. The van der Waals surface area contributed by atoms with Gasteiger partial charge < -0.3 is 29.1 Å². The fourth-order valence-corrected chi connectivity index (χ4v) is 11.7. The number of rotatable bonds is 11. The minimum atomic E-state index is -4.12. The Morgan fingerprint density at radius 1 is 1.01 bits per heavy atom. The number of aryl methyl sites for hydroxylation is 1. The normalized spacial score (nSPS) is 21.5. The number of amides is 4. The third-order valence-electron chi connectivity index (χ3n) is 14.5. The summed E-state index contributed by atoms with van der Waals surface area (Å²) in [5.41, 5.74) is -1.66. The number of urea groups is 1. The second-order valence-corrected chi connectivity index (χ2v) is 20.6. The van der Waals surface area contributed by atoms with Crippen molar-refractivity contribution in [3.63, 3.8) is 0 Å². The molecule has 5 fully saturated rings. The van der Waals surface area contributed by atoms with Crippen molar-refractivity contribution in [2.24, 2.45) is 7.05 Å². The van der Waals surface area contributed by atoms with Crippen LogP contribution in [0.4, 0.5) is 30.8 Å². The van der Waals surface area contributed by atoms with E-state index in [0.717, 1.165) is 12.1 Å². The summed E-state index contributed by atoms with van der Waals surface area (Å²) in [4.78, 5) is 61.3. The van der Waals surface area contributed by atoms with Crippen molar-refractivity contribution in [1.29, 1.82) is 5.26 Å². The molecule has 21 nitrogen and oxygen atoms in total. The molecule has 0 radical (unpaired) electrons. The molecule has 5 aromatic rings. The van der Waals surface area contributed by atoms with Gasteiger partial charge in [-0.15, -0.1) is 0 Å². The highest BCUT2D eigenvalue weighted by molar-refractivity contribution is 7.90. The van der Waals surface area contributed by atoms with Crippen molar-refractivity contribution in [2.75, 3.05) is 74.1 Å². The molecular formula is C47H51F2N11O10S. The highest BCUT2D eigenvalue weighted by Crippen LogP contribution is 2.42. The van der Waals surface area contributed by atoms with Gasteiger partial charge in [0.2, 0.25) is 11.8 Å². The number of methoxy groups -OCH3 is 1. The number of hydrogen-bond acceptors (Lipinski definition) is 14. The lowest BCUT2D eigenvalue weighted by Crippen LogP contribution is -2.51. The number of nitriles is 1. The Morgan fingerprint density at radius 3 is 2.51 bits per heavy atom. The number of halogens is 2. The molecule has 3 aromatic carbocycles. The van der Waals surface area contributed by atoms with Gasteiger partial charge in [-0.3, -0.25) is 38.6 Å². The lowest BCUT2D eigenvalue weighted by molar-refractivity contribution is -0.142. The predicted octanol–water partition coefficient (Wildman–Crippen LogP) is 3.79. The molecule has 374 valence electrons. The third kappa shape index (κ3) is 9.12. The number of carbonyl (C=O) groups excluding carboxylic acids is 3. The van der Waals surface area contributed by atoms with Crippen molar-refractivity contribution in [3.05, 3.63) is 76.3 Å². The number of nitrogens with zero attached hydrogens (tertiary/aromatic N) is 9. The maximum atomic E-state index is 15.8. The largest absolute Gasteiger partial charge is 0.453 e. The highest BCUT2D eigenvalue weighted by atomic mass is 32.2. The van der Waals surface area contributed by atoms with Crippen molar-refractivity contribution < 1.29 is 50.9 Å². The number of aromatic nitrogens is 4. The zero-order valence-electron chi connectivity index (χ0n) is 38.9. The molecule has 1 spiro atoms. The minimum Gasteiger partial charge on any atom is -0.453 e. The van der Waals surface area contributed by atoms with E-state index in [1.807, 2.05) is 11.0 Å². The maximum absolute atomic E-state index is 15.8. The van der Waals surface area contributed by atoms with Crippen LogP contribution in [-0.4, -0.2) is 137 Å². The smallest absolute Gasteiger partial charge is 0.329 e. The average molecular weight is 1000 g/mol. The Bertz CT molecular complexity index is 3200. The lowest BCUT2D eigenvalue weighted by atomic mass is 9.85. The van der Waals surface area contributed by atoms with Gasteiger partial charge in [0.05, 0.1) is 70.5 Å². The van der Waals surface area contributed by atoms with E-state index in [1.165, 1.54) is 51.5 Å². The zero-order valence-corrected chi connectivity index (χ0v) is 39.7. The second kappa shape index (κ2) is 18.4. The van der Waals surface area contributed by atoms with Gasteiger partial charge >= 0.3 is 16.2 Å². The summed E-state index contributed by atoms with van der Waals surface area (Å²) in [6, 6.07) is 10.3. The standard InChI is InChI=1S/C47H51F2N11O10S/c1-55-38-21-39(35(49)20-32(38)43(53-55)59-14-8-40(61)52-45(59)64)56-15-9-46(65,10-16-56)23-41(62)57-17-11-47(12-18-57)22-28(26-69-47)60-27-51-36-5-3-29(19-31(36)44(60)63)70-42-33(24-50)37(6-4-34(42)48)54-71(66,67)58-13-7-30(25-58)68-2/h3-6,19-21,27-28,30,54,65H,7-18,22-23,25-26H2,1-2H3,(H,52,61,64)/t28-,30+/m1/s1. The van der Waals surface area contributed by atoms with E-state index in [1.54, 1.807) is 22.7 Å². The van der Waals surface area contributed by atoms with Gasteiger partial charge in [0.25, 0.3) is 5.56 Å². The summed E-state index contributed by atoms with van der Waals surface area (Å²) < 4.78 is 81.5. The number of likely N-dealkylation sites (tertiary alicyclic amines) is 1. The molecular weight excluding hydrogens is 949 g/mol. The molecule has 24 heteroatoms. The van der Waals surface area contributed by atoms with Gasteiger partial charge in [-0.1, -0.05) is 0 Å². The van der Waals surface area contributed by atoms with E-state index in [-0.39, 0.29) is 92.5 Å². The van der Waals surface area contributed by atoms with Gasteiger partial charge in [-0.25, -0.2) is 18.6 Å². The van der Waals surface area contributed by atoms with Crippen LogP contribution in [0.15, 0.2) is 53.6 Å². The first-order valence-electron chi connectivity index (χ1n) is 23.3. The quantitative estimate of drug-likeness (QED) is 0.171. The highest BCUT2D eigenvalue weighted by Gasteiger charge is 2.46. The maximum Gasteiger partial charge on any atom is 0.329 e. The SMILES string of the molecule is CO[C@H]1CCN(S(=O)(=O)Nc2ccc(F)c(Oc3ccc4ncn([C@H]5COC6(CCN(C(=O)CC7(O)CCN(c8cc9c(cc8F)c(N8CCC(=O)NC8=O)nn9C)CC7)CC6)C5)c(=O)c4c3)c2C#N)C1. The Morgan fingerprint density at radius 2 is 1.79 bits per heavy atom. The van der Waals surface area contributed by atoms with Crippen LogP contribution in [0.2, 0.25) is 0 Å². The van der Waals surface area contributed by atoms with Crippen molar-refractivity contribution in [3.8, 4) is 17.6 Å². The summed E-state index contributed by atoms with van der Waals surface area (Å²) in [7, 11) is -0.943. The van der Waals surface area contributed by atoms with Crippen LogP contribution in [0.3, 0.4) is 0 Å². The third-order valence-corrected chi connectivity index (χ3v) is 16.0. The predicted molar refractivity (Wildman–Crippen MR) is 252 cm³/mol. The summed E-state index contributed by atoms with van der Waals surface area (Å²) in [6.07, 6.45) is 3.58. The number of piperidine rings is 2. The summed E-state index contributed by atoms with van der Waals surface area (Å²) in [5, 5.41) is 29.0. The van der Waals surface area contributed by atoms with Crippen LogP contribution in [-0.2, 0) is 36.3 Å². The van der Waals surface area contributed by atoms with E-state index in [0.29, 0.717) is 74.0 Å². The number of imide groups is 1. The minimum absolute atomic E-state index is 0.0112. The first kappa shape index (κ1) is 47.9. The molecule has 10 rings (SSSR count). The Kier molecular flexibility index (Phi) is 12.4. The Labute approximate surface area is 405 Å². The Hall–Kier alpha value is -6.78. The molecule has 2 aromatic heterocycles. The van der Waals surface area contributed by atoms with E-state index in [2.05, 4.69) is 20.1 Å². The summed E-state index contributed by atoms with van der Waals surface area (Å²) in [5.74, 6) is -2.31. The number of nitrogens with one attached hydrogen (secondary N) is 2. The summed E-state index contributed by atoms with van der Waals surface area (Å²) >= 11 is 0. The molecule has 5 aliphatic heterocycles. The number of carbonyl (C=O) groups is 3. The van der Waals surface area contributed by atoms with E-state index < -0.39 is 62.0 Å². The number of aliphatic hydroxyl groups is 1. The summed E-state index contributed by atoms with van der Waals surface area (Å²) in [6.45, 7) is 1.98. The van der Waals surface area contributed by atoms with Crippen molar-refractivity contribution >= 4 is 67.1 Å². The van der Waals surface area contributed by atoms with Gasteiger partial charge in [-0.05, 0) is 81.0 Å². The number of fused-ring (bicyclic) bond motifs is 2. The molecule has 5 aliphatic rings. The fraction of sp³-hybridized carbons (Fsp3) is 0.468. The topological polar surface area (TPSA) is 247 Å². The van der Waals surface area contributed by atoms with Gasteiger partial charge in [-0.2, -0.15) is 23.1 Å². The molecule has 4 amide bonds. The van der Waals surface area contributed by atoms with E-state index >= 15 is 8.78 Å². The Balaban J connectivity index is 0.754. The average Bonchev–Trinajstić information content (AvgIpc) is 4.08. The fourth-order valence-electron chi connectivity index (χ4n) is 10.4. The first-order chi connectivity index (χ1) is 34.0. The monoisotopic (exact) mass is 999 g/mol. The molecule has 2 atom stereocenters. The first-order valence-corrected chi connectivity index (χ1v) is 24.8. The molecule has 0 bridgehead atoms. The molecule has 5 saturated heterocycles. The lowest BCUT2D eigenvalue weighted by Gasteiger charge is -2.42.